The molecule has 11 nitrogen and oxygen atoms in total. The number of hydrazone groups is 1. The van der Waals surface area contributed by atoms with Gasteiger partial charge in [0.2, 0.25) is 5.91 Å². The maximum Gasteiger partial charge on any atom is 0.305 e. The van der Waals surface area contributed by atoms with Crippen molar-refractivity contribution < 1.29 is 29.1 Å². The third kappa shape index (κ3) is 5.79. The lowest BCUT2D eigenvalue weighted by Crippen LogP contribution is -2.54. The minimum Gasteiger partial charge on any atom is -0.481 e. The van der Waals surface area contributed by atoms with Crippen LogP contribution in [-0.2, 0) is 19.2 Å². The van der Waals surface area contributed by atoms with E-state index >= 15 is 0 Å². The fourth-order valence-corrected chi connectivity index (χ4v) is 3.08. The number of nitrogens with zero attached hydrogens (tertiary/aromatic N) is 2. The van der Waals surface area contributed by atoms with Crippen LogP contribution in [0.4, 0.5) is 5.69 Å². The van der Waals surface area contributed by atoms with Gasteiger partial charge >= 0.3 is 5.97 Å². The summed E-state index contributed by atoms with van der Waals surface area (Å²) in [6.45, 7) is 3.05. The molecule has 0 bridgehead atoms. The van der Waals surface area contributed by atoms with E-state index in [2.05, 4.69) is 15.7 Å². The molecule has 4 atom stereocenters. The Kier molecular flexibility index (Phi) is 7.70. The molecule has 0 saturated carbocycles. The number of anilines is 1. The summed E-state index contributed by atoms with van der Waals surface area (Å²) in [7, 11) is 0. The van der Waals surface area contributed by atoms with Crippen molar-refractivity contribution in [1.29, 1.82) is 0 Å². The molecule has 3 amide bonds. The van der Waals surface area contributed by atoms with Crippen molar-refractivity contribution in [2.75, 3.05) is 5.73 Å². The summed E-state index contributed by atoms with van der Waals surface area (Å²) < 4.78 is 0. The Balaban J connectivity index is 2.09. The number of nitrogen functional groups attached to an aromatic ring is 1. The van der Waals surface area contributed by atoms with E-state index in [1.54, 1.807) is 6.92 Å². The van der Waals surface area contributed by atoms with Gasteiger partial charge in [-0.2, -0.15) is 5.10 Å². The lowest BCUT2D eigenvalue weighted by atomic mass is 10.0. The number of amides is 3. The van der Waals surface area contributed by atoms with E-state index < -0.39 is 54.2 Å². The van der Waals surface area contributed by atoms with E-state index in [4.69, 9.17) is 22.4 Å². The minimum absolute atomic E-state index is 0.187. The zero-order valence-electron chi connectivity index (χ0n) is 16.7. The van der Waals surface area contributed by atoms with Crippen molar-refractivity contribution in [2.24, 2.45) is 11.0 Å². The zero-order chi connectivity index (χ0) is 23.3. The van der Waals surface area contributed by atoms with Gasteiger partial charge < -0.3 is 26.3 Å². The number of nitrogens with one attached hydrogen (secondary N) is 2. The van der Waals surface area contributed by atoms with Crippen LogP contribution in [0.1, 0.15) is 30.6 Å². The molecule has 0 spiro atoms. The standard InChI is InChI=1S/C19H22ClN5O6/c1-9-7-22-25(16(9)18(30)24-12(8-26)6-15(27)28)19(31)10(2)23-17(29)11-3-4-14(21)13(20)5-11/h3-5,7-10,12,16H,6,21H2,1-2H3,(H,23,29)(H,24,30)(H,27,28)/t9-,10?,12?,16?/m0/s1. The van der Waals surface area contributed by atoms with Gasteiger partial charge in [-0.15, -0.1) is 0 Å². The predicted molar refractivity (Wildman–Crippen MR) is 111 cm³/mol. The third-order valence-electron chi connectivity index (χ3n) is 4.55. The molecule has 0 aromatic heterocycles. The monoisotopic (exact) mass is 451 g/mol. The molecule has 166 valence electrons. The number of hydrogen-bond acceptors (Lipinski definition) is 7. The Bertz CT molecular complexity index is 936. The molecular formula is C19H22ClN5O6. The fourth-order valence-electron chi connectivity index (χ4n) is 2.89. The smallest absolute Gasteiger partial charge is 0.305 e. The van der Waals surface area contributed by atoms with Crippen molar-refractivity contribution >= 4 is 53.5 Å². The van der Waals surface area contributed by atoms with Gasteiger partial charge in [0.25, 0.3) is 11.8 Å². The molecule has 1 aromatic rings. The quantitative estimate of drug-likeness (QED) is 0.319. The molecule has 0 aliphatic carbocycles. The first-order valence-corrected chi connectivity index (χ1v) is 9.63. The summed E-state index contributed by atoms with van der Waals surface area (Å²) >= 11 is 5.91. The van der Waals surface area contributed by atoms with Gasteiger partial charge in [0, 0.05) is 17.7 Å². The maximum atomic E-state index is 12.8. The van der Waals surface area contributed by atoms with Crippen LogP contribution in [0.5, 0.6) is 0 Å². The number of rotatable bonds is 8. The first-order valence-electron chi connectivity index (χ1n) is 9.25. The molecule has 31 heavy (non-hydrogen) atoms. The molecule has 3 unspecified atom stereocenters. The molecule has 2 rings (SSSR count). The van der Waals surface area contributed by atoms with E-state index in [0.717, 1.165) is 5.01 Å². The number of nitrogens with two attached hydrogens (primary N) is 1. The Hall–Kier alpha value is -3.47. The molecule has 1 heterocycles. The van der Waals surface area contributed by atoms with Crippen molar-refractivity contribution in [3.05, 3.63) is 28.8 Å². The first-order chi connectivity index (χ1) is 14.5. The Labute approximate surface area is 182 Å². The van der Waals surface area contributed by atoms with Gasteiger partial charge in [-0.25, -0.2) is 5.01 Å². The zero-order valence-corrected chi connectivity index (χ0v) is 17.5. The highest BCUT2D eigenvalue weighted by atomic mass is 35.5. The average molecular weight is 452 g/mol. The number of aldehydes is 1. The van der Waals surface area contributed by atoms with Crippen LogP contribution in [0.3, 0.4) is 0 Å². The van der Waals surface area contributed by atoms with E-state index in [9.17, 15) is 24.0 Å². The SMILES string of the molecule is CC(NC(=O)c1ccc(N)c(Cl)c1)C(=O)N1N=C[C@H](C)C1C(=O)NC(C=O)CC(=O)O. The van der Waals surface area contributed by atoms with Crippen LogP contribution in [-0.4, -0.2) is 64.4 Å². The van der Waals surface area contributed by atoms with Crippen LogP contribution >= 0.6 is 11.6 Å². The topological polar surface area (TPSA) is 171 Å². The fraction of sp³-hybridized carbons (Fsp3) is 0.368. The normalized spacial score (nSPS) is 19.4. The molecule has 5 N–H and O–H groups in total. The van der Waals surface area contributed by atoms with Gasteiger partial charge in [-0.1, -0.05) is 18.5 Å². The van der Waals surface area contributed by atoms with E-state index in [1.165, 1.54) is 31.3 Å². The number of carbonyl (C=O) groups is 5. The van der Waals surface area contributed by atoms with Crippen LogP contribution in [0.25, 0.3) is 0 Å². The van der Waals surface area contributed by atoms with Crippen LogP contribution in [0.2, 0.25) is 5.02 Å². The van der Waals surface area contributed by atoms with Crippen LogP contribution in [0, 0.1) is 5.92 Å². The van der Waals surface area contributed by atoms with Crippen LogP contribution in [0.15, 0.2) is 23.3 Å². The van der Waals surface area contributed by atoms with Gasteiger partial charge in [-0.3, -0.25) is 19.2 Å². The number of carbonyl (C=O) groups excluding carboxylic acids is 4. The number of halogens is 1. The summed E-state index contributed by atoms with van der Waals surface area (Å²) in [6, 6.07) is 0.857. The molecule has 0 fully saturated rings. The highest BCUT2D eigenvalue weighted by Crippen LogP contribution is 2.21. The average Bonchev–Trinajstić information content (AvgIpc) is 3.09. The van der Waals surface area contributed by atoms with E-state index in [-0.39, 0.29) is 10.6 Å². The predicted octanol–water partition coefficient (Wildman–Crippen LogP) is 0.0316. The summed E-state index contributed by atoms with van der Waals surface area (Å²) in [4.78, 5) is 59.7. The largest absolute Gasteiger partial charge is 0.481 e. The highest BCUT2D eigenvalue weighted by molar-refractivity contribution is 6.33. The molecule has 1 aliphatic heterocycles. The second-order valence-electron chi connectivity index (χ2n) is 7.03. The summed E-state index contributed by atoms with van der Waals surface area (Å²) in [5.74, 6) is -3.75. The number of carboxylic acids is 1. The number of benzene rings is 1. The minimum atomic E-state index is -1.26. The second-order valence-corrected chi connectivity index (χ2v) is 7.44. The van der Waals surface area contributed by atoms with Gasteiger partial charge in [0.15, 0.2) is 0 Å². The molecule has 0 saturated heterocycles. The lowest BCUT2D eigenvalue weighted by molar-refractivity contribution is -0.143. The molecule has 1 aliphatic rings. The third-order valence-corrected chi connectivity index (χ3v) is 4.88. The van der Waals surface area contributed by atoms with Crippen molar-refractivity contribution in [3.8, 4) is 0 Å². The van der Waals surface area contributed by atoms with Crippen molar-refractivity contribution in [2.45, 2.75) is 38.4 Å². The number of aliphatic carboxylic acids is 1. The number of carboxylic acid groups (broad SMARTS) is 1. The van der Waals surface area contributed by atoms with Crippen molar-refractivity contribution in [3.63, 3.8) is 0 Å². The highest BCUT2D eigenvalue weighted by Gasteiger charge is 2.40. The molecule has 1 aromatic carbocycles. The summed E-state index contributed by atoms with van der Waals surface area (Å²) in [5.41, 5.74) is 6.10. The van der Waals surface area contributed by atoms with Gasteiger partial charge in [-0.05, 0) is 25.1 Å². The first kappa shape index (κ1) is 23.8. The Morgan fingerprint density at radius 1 is 1.32 bits per heavy atom. The summed E-state index contributed by atoms with van der Waals surface area (Å²) in [5, 5.41) is 18.7. The summed E-state index contributed by atoms with van der Waals surface area (Å²) in [6.07, 6.45) is 1.09. The molecule has 12 heteroatoms. The van der Waals surface area contributed by atoms with Crippen LogP contribution < -0.4 is 16.4 Å². The number of hydrogen-bond donors (Lipinski definition) is 4. The van der Waals surface area contributed by atoms with E-state index in [1.807, 2.05) is 0 Å². The van der Waals surface area contributed by atoms with E-state index in [0.29, 0.717) is 12.0 Å². The van der Waals surface area contributed by atoms with Gasteiger partial charge in [0.05, 0.1) is 23.2 Å². The Morgan fingerprint density at radius 3 is 2.58 bits per heavy atom. The molecule has 0 radical (unpaired) electrons. The maximum absolute atomic E-state index is 12.8. The van der Waals surface area contributed by atoms with Gasteiger partial charge in [0.1, 0.15) is 18.4 Å². The molecular weight excluding hydrogens is 430 g/mol. The Morgan fingerprint density at radius 2 is 2.00 bits per heavy atom. The lowest BCUT2D eigenvalue weighted by Gasteiger charge is -2.27. The second kappa shape index (κ2) is 10.0. The van der Waals surface area contributed by atoms with Crippen molar-refractivity contribution in [1.82, 2.24) is 15.6 Å².